The van der Waals surface area contributed by atoms with Gasteiger partial charge in [0, 0.05) is 26.9 Å². The zero-order valence-electron chi connectivity index (χ0n) is 11.8. The molecule has 6 nitrogen and oxygen atoms in total. The van der Waals surface area contributed by atoms with Gasteiger partial charge in [0.25, 0.3) is 0 Å². The first-order valence-electron chi connectivity index (χ1n) is 6.84. The van der Waals surface area contributed by atoms with Crippen LogP contribution < -0.4 is 0 Å². The van der Waals surface area contributed by atoms with Gasteiger partial charge < -0.3 is 4.40 Å². The first-order chi connectivity index (χ1) is 11.2. The van der Waals surface area contributed by atoms with Crippen molar-refractivity contribution < 1.29 is 0 Å². The van der Waals surface area contributed by atoms with Crippen LogP contribution in [0.15, 0.2) is 57.7 Å². The second-order valence-corrected chi connectivity index (χ2v) is 6.83. The van der Waals surface area contributed by atoms with E-state index in [1.54, 1.807) is 4.80 Å². The minimum absolute atomic E-state index is 0.475. The molecule has 0 N–H and O–H groups in total. The Morgan fingerprint density at radius 3 is 2.52 bits per heavy atom. The monoisotopic (exact) mass is 432 g/mol. The van der Waals surface area contributed by atoms with Gasteiger partial charge in [-0.2, -0.15) is 4.80 Å². The summed E-state index contributed by atoms with van der Waals surface area (Å²) in [4.78, 5) is 6.10. The maximum absolute atomic E-state index is 4.55. The molecular weight excluding hydrogens is 424 g/mol. The number of tetrazole rings is 1. The Bertz CT molecular complexity index is 973. The molecule has 3 aromatic heterocycles. The number of hydrogen-bond acceptors (Lipinski definition) is 4. The first-order valence-corrected chi connectivity index (χ1v) is 8.43. The fraction of sp³-hybridized carbons (Fsp3) is 0.0667. The van der Waals surface area contributed by atoms with E-state index in [4.69, 9.17) is 0 Å². The van der Waals surface area contributed by atoms with Crippen LogP contribution in [-0.4, -0.2) is 29.6 Å². The molecule has 0 spiro atoms. The Morgan fingerprint density at radius 2 is 1.70 bits per heavy atom. The third-order valence-corrected chi connectivity index (χ3v) is 4.32. The Morgan fingerprint density at radius 1 is 0.913 bits per heavy atom. The molecule has 4 rings (SSSR count). The zero-order valence-corrected chi connectivity index (χ0v) is 14.9. The van der Waals surface area contributed by atoms with Crippen LogP contribution in [0.5, 0.6) is 0 Å². The van der Waals surface area contributed by atoms with Crippen molar-refractivity contribution in [1.82, 2.24) is 29.6 Å². The van der Waals surface area contributed by atoms with Crippen LogP contribution in [-0.2, 0) is 6.54 Å². The van der Waals surface area contributed by atoms with Gasteiger partial charge in [0.15, 0.2) is 0 Å². The van der Waals surface area contributed by atoms with Crippen LogP contribution in [0.4, 0.5) is 0 Å². The van der Waals surface area contributed by atoms with Crippen LogP contribution in [0.1, 0.15) is 5.69 Å². The summed E-state index contributed by atoms with van der Waals surface area (Å²) in [6, 6.07) is 11.7. The average Bonchev–Trinajstić information content (AvgIpc) is 3.14. The van der Waals surface area contributed by atoms with Crippen molar-refractivity contribution in [1.29, 1.82) is 0 Å². The van der Waals surface area contributed by atoms with Gasteiger partial charge in [0.1, 0.15) is 12.2 Å². The molecule has 8 heteroatoms. The van der Waals surface area contributed by atoms with Crippen molar-refractivity contribution in [2.75, 3.05) is 0 Å². The van der Waals surface area contributed by atoms with Gasteiger partial charge in [-0.15, -0.1) is 10.2 Å². The Hall–Kier alpha value is -2.06. The highest BCUT2D eigenvalue weighted by Crippen LogP contribution is 2.18. The fourth-order valence-electron chi connectivity index (χ4n) is 2.26. The number of imidazole rings is 1. The second kappa shape index (κ2) is 5.86. The van der Waals surface area contributed by atoms with Crippen molar-refractivity contribution in [3.8, 4) is 11.4 Å². The lowest BCUT2D eigenvalue weighted by Gasteiger charge is -1.95. The molecule has 23 heavy (non-hydrogen) atoms. The SMILES string of the molecule is Brc1ccc(-c2nnn(Cc3cn4cc(Br)ccc4n3)n2)cc1. The number of halogens is 2. The van der Waals surface area contributed by atoms with Gasteiger partial charge >= 0.3 is 0 Å². The van der Waals surface area contributed by atoms with Gasteiger partial charge in [-0.3, -0.25) is 0 Å². The third-order valence-electron chi connectivity index (χ3n) is 3.32. The molecule has 0 atom stereocenters. The third kappa shape index (κ3) is 3.04. The number of benzene rings is 1. The molecular formula is C15H10Br2N6. The summed E-state index contributed by atoms with van der Waals surface area (Å²) in [6.07, 6.45) is 3.93. The van der Waals surface area contributed by atoms with E-state index in [1.165, 1.54) is 0 Å². The molecule has 0 aliphatic heterocycles. The highest BCUT2D eigenvalue weighted by atomic mass is 79.9. The van der Waals surface area contributed by atoms with E-state index in [1.807, 2.05) is 53.2 Å². The Labute approximate surface area is 148 Å². The fourth-order valence-corrected chi connectivity index (χ4v) is 2.88. The molecule has 4 aromatic rings. The van der Waals surface area contributed by atoms with Crippen LogP contribution in [0.3, 0.4) is 0 Å². The van der Waals surface area contributed by atoms with Crippen molar-refractivity contribution in [2.24, 2.45) is 0 Å². The van der Waals surface area contributed by atoms with Crippen LogP contribution in [0.25, 0.3) is 17.0 Å². The zero-order chi connectivity index (χ0) is 15.8. The van der Waals surface area contributed by atoms with E-state index in [-0.39, 0.29) is 0 Å². The first kappa shape index (κ1) is 14.5. The van der Waals surface area contributed by atoms with Gasteiger partial charge in [0.2, 0.25) is 5.82 Å². The number of rotatable bonds is 3. The predicted molar refractivity (Wildman–Crippen MR) is 92.9 cm³/mol. The summed E-state index contributed by atoms with van der Waals surface area (Å²) in [5.41, 5.74) is 2.69. The maximum atomic E-state index is 4.55. The Kier molecular flexibility index (Phi) is 3.70. The normalized spacial score (nSPS) is 11.2. The highest BCUT2D eigenvalue weighted by Gasteiger charge is 2.08. The molecule has 0 aliphatic carbocycles. The molecule has 0 saturated carbocycles. The lowest BCUT2D eigenvalue weighted by molar-refractivity contribution is 0.566. The van der Waals surface area contributed by atoms with E-state index >= 15 is 0 Å². The molecule has 114 valence electrons. The van der Waals surface area contributed by atoms with E-state index in [2.05, 4.69) is 52.3 Å². The minimum atomic E-state index is 0.475. The average molecular weight is 434 g/mol. The topological polar surface area (TPSA) is 60.9 Å². The summed E-state index contributed by atoms with van der Waals surface area (Å²) >= 11 is 6.86. The van der Waals surface area contributed by atoms with Gasteiger partial charge in [0.05, 0.1) is 5.69 Å². The lowest BCUT2D eigenvalue weighted by Crippen LogP contribution is -2.04. The van der Waals surface area contributed by atoms with Crippen LogP contribution in [0.2, 0.25) is 0 Å². The van der Waals surface area contributed by atoms with Crippen LogP contribution >= 0.6 is 31.9 Å². The van der Waals surface area contributed by atoms with E-state index < -0.39 is 0 Å². The highest BCUT2D eigenvalue weighted by molar-refractivity contribution is 9.10. The molecule has 0 unspecified atom stereocenters. The molecule has 1 aromatic carbocycles. The molecule has 0 aliphatic rings. The minimum Gasteiger partial charge on any atom is -0.306 e. The molecule has 0 amide bonds. The van der Waals surface area contributed by atoms with Crippen molar-refractivity contribution >= 4 is 37.5 Å². The van der Waals surface area contributed by atoms with Crippen molar-refractivity contribution in [2.45, 2.75) is 6.54 Å². The number of fused-ring (bicyclic) bond motifs is 1. The van der Waals surface area contributed by atoms with Crippen molar-refractivity contribution in [3.05, 3.63) is 63.4 Å². The number of aromatic nitrogens is 6. The van der Waals surface area contributed by atoms with Crippen LogP contribution in [0, 0.1) is 0 Å². The molecule has 0 bridgehead atoms. The summed E-state index contributed by atoms with van der Waals surface area (Å²) in [7, 11) is 0. The summed E-state index contributed by atoms with van der Waals surface area (Å²) < 4.78 is 3.99. The second-order valence-electron chi connectivity index (χ2n) is 5.00. The molecule has 0 saturated heterocycles. The summed E-state index contributed by atoms with van der Waals surface area (Å²) in [5.74, 6) is 0.601. The largest absolute Gasteiger partial charge is 0.306 e. The summed E-state index contributed by atoms with van der Waals surface area (Å²) in [5, 5.41) is 12.6. The smallest absolute Gasteiger partial charge is 0.204 e. The van der Waals surface area contributed by atoms with Gasteiger partial charge in [-0.05, 0) is 57.5 Å². The Balaban J connectivity index is 1.60. The predicted octanol–water partition coefficient (Wildman–Crippen LogP) is 3.56. The lowest BCUT2D eigenvalue weighted by atomic mass is 10.2. The maximum Gasteiger partial charge on any atom is 0.204 e. The number of nitrogens with zero attached hydrogens (tertiary/aromatic N) is 6. The molecule has 0 fully saturated rings. The van der Waals surface area contributed by atoms with E-state index in [9.17, 15) is 0 Å². The number of hydrogen-bond donors (Lipinski definition) is 0. The molecule has 3 heterocycles. The summed E-state index contributed by atoms with van der Waals surface area (Å²) in [6.45, 7) is 0.475. The number of pyridine rings is 1. The standard InChI is InChI=1S/C15H10Br2N6/c16-11-3-1-10(2-4-11)15-19-21-23(20-15)9-13-8-22-7-12(17)5-6-14(22)18-13/h1-8H,9H2. The van der Waals surface area contributed by atoms with E-state index in [0.717, 1.165) is 25.8 Å². The molecule has 0 radical (unpaired) electrons. The van der Waals surface area contributed by atoms with Gasteiger partial charge in [-0.1, -0.05) is 15.9 Å². The quantitative estimate of drug-likeness (QED) is 0.495. The van der Waals surface area contributed by atoms with E-state index in [0.29, 0.717) is 12.4 Å². The van der Waals surface area contributed by atoms with Gasteiger partial charge in [-0.25, -0.2) is 4.98 Å². The van der Waals surface area contributed by atoms with Crippen molar-refractivity contribution in [3.63, 3.8) is 0 Å².